The van der Waals surface area contributed by atoms with Gasteiger partial charge in [0, 0.05) is 25.1 Å². The summed E-state index contributed by atoms with van der Waals surface area (Å²) >= 11 is 5.14. The second-order valence-electron chi connectivity index (χ2n) is 3.04. The van der Waals surface area contributed by atoms with Gasteiger partial charge >= 0.3 is 0 Å². The molecule has 0 aliphatic heterocycles. The highest BCUT2D eigenvalue weighted by molar-refractivity contribution is 9.10. The highest BCUT2D eigenvalue weighted by Crippen LogP contribution is 2.18. The molecular weight excluding hydrogens is 292 g/mol. The van der Waals surface area contributed by atoms with Crippen molar-refractivity contribution in [1.29, 1.82) is 0 Å². The van der Waals surface area contributed by atoms with Gasteiger partial charge in [0.05, 0.1) is 4.47 Å². The van der Waals surface area contributed by atoms with Crippen molar-refractivity contribution < 1.29 is 5.11 Å². The Morgan fingerprint density at radius 1 is 1.50 bits per heavy atom. The Balaban J connectivity index is 2.23. The molecule has 1 aromatic heterocycles. The third-order valence-electron chi connectivity index (χ3n) is 1.75. The summed E-state index contributed by atoms with van der Waals surface area (Å²) < 4.78 is 0.807. The van der Waals surface area contributed by atoms with E-state index in [1.807, 2.05) is 0 Å². The van der Waals surface area contributed by atoms with Crippen LogP contribution in [-0.4, -0.2) is 39.7 Å². The van der Waals surface area contributed by atoms with Crippen LogP contribution in [0, 0.1) is 0 Å². The van der Waals surface area contributed by atoms with Gasteiger partial charge < -0.3 is 16.2 Å². The normalized spacial score (nSPS) is 10.4. The van der Waals surface area contributed by atoms with E-state index < -0.39 is 0 Å². The third-order valence-corrected chi connectivity index (χ3v) is 3.40. The van der Waals surface area contributed by atoms with Crippen LogP contribution >= 0.6 is 27.7 Å². The van der Waals surface area contributed by atoms with E-state index in [4.69, 9.17) is 10.8 Å². The van der Waals surface area contributed by atoms with E-state index in [0.29, 0.717) is 0 Å². The highest BCUT2D eigenvalue weighted by atomic mass is 79.9. The second kappa shape index (κ2) is 7.70. The van der Waals surface area contributed by atoms with Gasteiger partial charge in [-0.1, -0.05) is 0 Å². The van der Waals surface area contributed by atoms with Crippen molar-refractivity contribution in [2.75, 3.05) is 35.7 Å². The van der Waals surface area contributed by atoms with Crippen LogP contribution in [0.5, 0.6) is 0 Å². The number of aliphatic hydroxyl groups is 1. The average molecular weight is 307 g/mol. The molecule has 0 unspecified atom stereocenters. The smallest absolute Gasteiger partial charge is 0.221 e. The van der Waals surface area contributed by atoms with Crippen molar-refractivity contribution in [2.45, 2.75) is 6.42 Å². The molecule has 0 saturated heterocycles. The first-order chi connectivity index (χ1) is 7.74. The van der Waals surface area contributed by atoms with Gasteiger partial charge in [0.15, 0.2) is 0 Å². The van der Waals surface area contributed by atoms with E-state index in [0.717, 1.165) is 34.8 Å². The maximum Gasteiger partial charge on any atom is 0.221 e. The van der Waals surface area contributed by atoms with Gasteiger partial charge in [-0.25, -0.2) is 4.98 Å². The minimum Gasteiger partial charge on any atom is -0.396 e. The average Bonchev–Trinajstić information content (AvgIpc) is 2.28. The Morgan fingerprint density at radius 2 is 2.31 bits per heavy atom. The number of aliphatic hydroxyl groups excluding tert-OH is 1. The molecule has 16 heavy (non-hydrogen) atoms. The quantitative estimate of drug-likeness (QED) is 0.660. The van der Waals surface area contributed by atoms with Crippen LogP contribution in [0.1, 0.15) is 6.42 Å². The molecule has 0 atom stereocenters. The summed E-state index contributed by atoms with van der Waals surface area (Å²) in [5.41, 5.74) is 5.48. The molecule has 5 nitrogen and oxygen atoms in total. The number of nitrogens with two attached hydrogens (primary N) is 1. The van der Waals surface area contributed by atoms with Gasteiger partial charge in [-0.15, -0.1) is 0 Å². The number of halogens is 1. The predicted octanol–water partition coefficient (Wildman–Crippen LogP) is 1.35. The Hall–Kier alpha value is -0.530. The van der Waals surface area contributed by atoms with Gasteiger partial charge in [-0.2, -0.15) is 16.7 Å². The van der Waals surface area contributed by atoms with Gasteiger partial charge in [0.1, 0.15) is 5.82 Å². The molecule has 1 heterocycles. The molecule has 0 amide bonds. The monoisotopic (exact) mass is 306 g/mol. The molecule has 0 bridgehead atoms. The lowest BCUT2D eigenvalue weighted by atomic mass is 10.5. The number of hydrogen-bond acceptors (Lipinski definition) is 6. The van der Waals surface area contributed by atoms with Gasteiger partial charge in [-0.3, -0.25) is 0 Å². The molecule has 4 N–H and O–H groups in total. The molecule has 0 radical (unpaired) electrons. The van der Waals surface area contributed by atoms with E-state index in [2.05, 4.69) is 31.2 Å². The van der Waals surface area contributed by atoms with Crippen molar-refractivity contribution in [1.82, 2.24) is 9.97 Å². The zero-order chi connectivity index (χ0) is 11.8. The molecule has 1 aromatic rings. The number of nitrogen functional groups attached to an aromatic ring is 1. The number of nitrogens with one attached hydrogen (secondary N) is 1. The molecule has 90 valence electrons. The predicted molar refractivity (Wildman–Crippen MR) is 71.7 cm³/mol. The fourth-order valence-corrected chi connectivity index (χ4v) is 2.13. The van der Waals surface area contributed by atoms with E-state index in [-0.39, 0.29) is 12.6 Å². The van der Waals surface area contributed by atoms with Crippen molar-refractivity contribution >= 4 is 39.5 Å². The number of nitrogens with zero attached hydrogens (tertiary/aromatic N) is 2. The van der Waals surface area contributed by atoms with Crippen LogP contribution in [0.3, 0.4) is 0 Å². The Labute approximate surface area is 107 Å². The third kappa shape index (κ3) is 5.00. The van der Waals surface area contributed by atoms with Crippen molar-refractivity contribution in [2.24, 2.45) is 0 Å². The minimum atomic E-state index is 0.258. The summed E-state index contributed by atoms with van der Waals surface area (Å²) in [5.74, 6) is 2.93. The van der Waals surface area contributed by atoms with Crippen LogP contribution in [0.2, 0.25) is 0 Å². The first kappa shape index (κ1) is 13.5. The summed E-state index contributed by atoms with van der Waals surface area (Å²) in [4.78, 5) is 7.92. The molecule has 0 aromatic carbocycles. The number of anilines is 2. The van der Waals surface area contributed by atoms with Gasteiger partial charge in [0.25, 0.3) is 0 Å². The Bertz CT molecular complexity index is 326. The standard InChI is InChI=1S/C9H15BrN4OS/c10-7-6-13-9(11)14-8(7)12-2-5-16-4-1-3-15/h6,15H,1-5H2,(H3,11,12,13,14). The molecule has 0 fully saturated rings. The molecule has 7 heteroatoms. The first-order valence-corrected chi connectivity index (χ1v) is 6.89. The summed E-state index contributed by atoms with van der Waals surface area (Å²) in [6.45, 7) is 1.07. The second-order valence-corrected chi connectivity index (χ2v) is 5.12. The number of hydrogen-bond donors (Lipinski definition) is 3. The SMILES string of the molecule is Nc1ncc(Br)c(NCCSCCCO)n1. The summed E-state index contributed by atoms with van der Waals surface area (Å²) in [6.07, 6.45) is 2.47. The fourth-order valence-electron chi connectivity index (χ4n) is 1.02. The number of rotatable bonds is 7. The molecule has 1 rings (SSSR count). The summed E-state index contributed by atoms with van der Waals surface area (Å²) in [7, 11) is 0. The van der Waals surface area contributed by atoms with Crippen LogP contribution in [-0.2, 0) is 0 Å². The summed E-state index contributed by atoms with van der Waals surface area (Å²) in [6, 6.07) is 0. The van der Waals surface area contributed by atoms with E-state index in [9.17, 15) is 0 Å². The topological polar surface area (TPSA) is 84.1 Å². The Kier molecular flexibility index (Phi) is 6.51. The van der Waals surface area contributed by atoms with Crippen molar-refractivity contribution in [3.8, 4) is 0 Å². The van der Waals surface area contributed by atoms with Crippen molar-refractivity contribution in [3.05, 3.63) is 10.7 Å². The van der Waals surface area contributed by atoms with Crippen LogP contribution < -0.4 is 11.1 Å². The largest absolute Gasteiger partial charge is 0.396 e. The van der Waals surface area contributed by atoms with Gasteiger partial charge in [0.2, 0.25) is 5.95 Å². The number of aromatic nitrogens is 2. The van der Waals surface area contributed by atoms with E-state index in [1.165, 1.54) is 0 Å². The van der Waals surface area contributed by atoms with Crippen LogP contribution in [0.4, 0.5) is 11.8 Å². The maximum absolute atomic E-state index is 8.60. The van der Waals surface area contributed by atoms with Crippen LogP contribution in [0.25, 0.3) is 0 Å². The fraction of sp³-hybridized carbons (Fsp3) is 0.556. The Morgan fingerprint density at radius 3 is 3.06 bits per heavy atom. The maximum atomic E-state index is 8.60. The molecular formula is C9H15BrN4OS. The zero-order valence-electron chi connectivity index (χ0n) is 8.82. The molecule has 0 spiro atoms. The van der Waals surface area contributed by atoms with E-state index in [1.54, 1.807) is 18.0 Å². The molecule has 0 aliphatic rings. The minimum absolute atomic E-state index is 0.258. The van der Waals surface area contributed by atoms with Crippen LogP contribution in [0.15, 0.2) is 10.7 Å². The van der Waals surface area contributed by atoms with Gasteiger partial charge in [-0.05, 0) is 28.1 Å². The molecule has 0 aliphatic carbocycles. The van der Waals surface area contributed by atoms with E-state index >= 15 is 0 Å². The highest BCUT2D eigenvalue weighted by Gasteiger charge is 2.01. The first-order valence-electron chi connectivity index (χ1n) is 4.94. The lowest BCUT2D eigenvalue weighted by molar-refractivity contribution is 0.296. The zero-order valence-corrected chi connectivity index (χ0v) is 11.2. The summed E-state index contributed by atoms with van der Waals surface area (Å²) in [5, 5.41) is 11.8. The number of thioether (sulfide) groups is 1. The lowest BCUT2D eigenvalue weighted by Gasteiger charge is -2.07. The van der Waals surface area contributed by atoms with Crippen molar-refractivity contribution in [3.63, 3.8) is 0 Å². The molecule has 0 saturated carbocycles. The lowest BCUT2D eigenvalue weighted by Crippen LogP contribution is -2.08.